The lowest BCUT2D eigenvalue weighted by molar-refractivity contribution is -0.120. The van der Waals surface area contributed by atoms with Gasteiger partial charge in [-0.3, -0.25) is 9.10 Å². The van der Waals surface area contributed by atoms with Gasteiger partial charge < -0.3 is 10.1 Å². The van der Waals surface area contributed by atoms with Gasteiger partial charge in [-0.1, -0.05) is 24.3 Å². The number of para-hydroxylation sites is 2. The molecule has 0 aliphatic rings. The van der Waals surface area contributed by atoms with E-state index < -0.39 is 10.0 Å². The van der Waals surface area contributed by atoms with Crippen molar-refractivity contribution in [3.63, 3.8) is 0 Å². The molecule has 6 nitrogen and oxygen atoms in total. The molecule has 0 saturated heterocycles. The first-order chi connectivity index (χ1) is 13.0. The fraction of sp³-hybridized carbons (Fsp3) is 0.381. The zero-order valence-corrected chi connectivity index (χ0v) is 18.1. The van der Waals surface area contributed by atoms with E-state index in [2.05, 4.69) is 17.4 Å². The van der Waals surface area contributed by atoms with E-state index in [-0.39, 0.29) is 18.5 Å². The predicted molar refractivity (Wildman–Crippen MR) is 112 cm³/mol. The summed E-state index contributed by atoms with van der Waals surface area (Å²) in [5, 5.41) is 2.91. The number of sulfonamides is 1. The van der Waals surface area contributed by atoms with Crippen molar-refractivity contribution in [3.8, 4) is 5.75 Å². The van der Waals surface area contributed by atoms with Gasteiger partial charge in [0, 0.05) is 0 Å². The first-order valence-electron chi connectivity index (χ1n) is 9.02. The molecule has 0 saturated carbocycles. The molecule has 1 N–H and O–H groups in total. The summed E-state index contributed by atoms with van der Waals surface area (Å²) >= 11 is 0. The standard InChI is InChI=1S/C21H28N2O4S/c1-14-11-16(3)18(12-15(14)2)17(4)22-21(24)13-23(28(6,25)26)19-9-7-8-10-20(19)27-5/h7-12,17H,13H2,1-6H3,(H,22,24)/t17-/m1/s1. The highest BCUT2D eigenvalue weighted by Crippen LogP contribution is 2.29. The van der Waals surface area contributed by atoms with Crippen LogP contribution in [-0.4, -0.2) is 34.2 Å². The number of methoxy groups -OCH3 is 1. The average Bonchev–Trinajstić information content (AvgIpc) is 2.61. The number of carbonyl (C=O) groups is 1. The van der Waals surface area contributed by atoms with Gasteiger partial charge in [-0.15, -0.1) is 0 Å². The van der Waals surface area contributed by atoms with Gasteiger partial charge in [-0.2, -0.15) is 0 Å². The van der Waals surface area contributed by atoms with E-state index in [1.807, 2.05) is 27.7 Å². The Balaban J connectivity index is 2.24. The second kappa shape index (κ2) is 8.65. The number of ether oxygens (including phenoxy) is 1. The summed E-state index contributed by atoms with van der Waals surface area (Å²) in [5.74, 6) is 0.000219. The van der Waals surface area contributed by atoms with Crippen molar-refractivity contribution in [1.82, 2.24) is 5.32 Å². The predicted octanol–water partition coefficient (Wildman–Crippen LogP) is 3.26. The fourth-order valence-corrected chi connectivity index (χ4v) is 4.02. The molecule has 0 aromatic heterocycles. The Morgan fingerprint density at radius 1 is 1.11 bits per heavy atom. The minimum atomic E-state index is -3.67. The lowest BCUT2D eigenvalue weighted by atomic mass is 9.96. The van der Waals surface area contributed by atoms with Crippen LogP contribution in [0.15, 0.2) is 36.4 Å². The maximum absolute atomic E-state index is 12.7. The molecule has 0 radical (unpaired) electrons. The van der Waals surface area contributed by atoms with Gasteiger partial charge in [0.25, 0.3) is 0 Å². The molecular formula is C21H28N2O4S. The molecule has 0 unspecified atom stereocenters. The monoisotopic (exact) mass is 404 g/mol. The number of nitrogens with one attached hydrogen (secondary N) is 1. The van der Waals surface area contributed by atoms with Gasteiger partial charge in [-0.05, 0) is 62.1 Å². The Morgan fingerprint density at radius 2 is 1.71 bits per heavy atom. The Bertz CT molecular complexity index is 970. The van der Waals surface area contributed by atoms with E-state index in [9.17, 15) is 13.2 Å². The zero-order chi connectivity index (χ0) is 21.1. The van der Waals surface area contributed by atoms with Gasteiger partial charge in [-0.25, -0.2) is 8.42 Å². The number of aryl methyl sites for hydroxylation is 3. The molecular weight excluding hydrogens is 376 g/mol. The highest BCUT2D eigenvalue weighted by molar-refractivity contribution is 7.92. The minimum absolute atomic E-state index is 0.245. The molecule has 7 heteroatoms. The highest BCUT2D eigenvalue weighted by atomic mass is 32.2. The normalized spacial score (nSPS) is 12.4. The van der Waals surface area contributed by atoms with E-state index in [4.69, 9.17) is 4.74 Å². The quantitative estimate of drug-likeness (QED) is 0.769. The van der Waals surface area contributed by atoms with Gasteiger partial charge in [0.2, 0.25) is 15.9 Å². The third kappa shape index (κ3) is 5.04. The van der Waals surface area contributed by atoms with Crippen LogP contribution in [0, 0.1) is 20.8 Å². The summed E-state index contributed by atoms with van der Waals surface area (Å²) in [7, 11) is -2.21. The van der Waals surface area contributed by atoms with Crippen LogP contribution in [0.2, 0.25) is 0 Å². The molecule has 1 atom stereocenters. The maximum atomic E-state index is 12.7. The van der Waals surface area contributed by atoms with Gasteiger partial charge >= 0.3 is 0 Å². The first kappa shape index (κ1) is 21.8. The smallest absolute Gasteiger partial charge is 0.241 e. The van der Waals surface area contributed by atoms with E-state index in [0.717, 1.165) is 27.3 Å². The summed E-state index contributed by atoms with van der Waals surface area (Å²) in [4.78, 5) is 12.7. The second-order valence-electron chi connectivity index (χ2n) is 7.02. The number of rotatable bonds is 7. The molecule has 28 heavy (non-hydrogen) atoms. The Kier molecular flexibility index (Phi) is 6.72. The molecule has 0 bridgehead atoms. The molecule has 2 rings (SSSR count). The van der Waals surface area contributed by atoms with Crippen LogP contribution >= 0.6 is 0 Å². The number of nitrogens with zero attached hydrogens (tertiary/aromatic N) is 1. The molecule has 0 heterocycles. The van der Waals surface area contributed by atoms with Gasteiger partial charge in [0.1, 0.15) is 12.3 Å². The summed E-state index contributed by atoms with van der Waals surface area (Å²) in [6.45, 7) is 7.64. The van der Waals surface area contributed by atoms with Crippen molar-refractivity contribution in [3.05, 3.63) is 58.7 Å². The van der Waals surface area contributed by atoms with Crippen molar-refractivity contribution < 1.29 is 17.9 Å². The average molecular weight is 405 g/mol. The summed E-state index contributed by atoms with van der Waals surface area (Å²) in [6, 6.07) is 10.6. The SMILES string of the molecule is COc1ccccc1N(CC(=O)N[C@H](C)c1cc(C)c(C)cc1C)S(C)(=O)=O. The number of carbonyl (C=O) groups excluding carboxylic acids is 1. The van der Waals surface area contributed by atoms with Crippen molar-refractivity contribution in [2.75, 3.05) is 24.2 Å². The fourth-order valence-electron chi connectivity index (χ4n) is 3.16. The lowest BCUT2D eigenvalue weighted by Crippen LogP contribution is -2.41. The summed E-state index contributed by atoms with van der Waals surface area (Å²) in [5.41, 5.74) is 4.77. The van der Waals surface area contributed by atoms with Crippen molar-refractivity contribution in [1.29, 1.82) is 0 Å². The maximum Gasteiger partial charge on any atom is 0.241 e. The highest BCUT2D eigenvalue weighted by Gasteiger charge is 2.24. The molecule has 152 valence electrons. The van der Waals surface area contributed by atoms with E-state index in [1.54, 1.807) is 24.3 Å². The summed E-state index contributed by atoms with van der Waals surface area (Å²) < 4.78 is 30.9. The van der Waals surface area contributed by atoms with Crippen molar-refractivity contribution in [2.45, 2.75) is 33.7 Å². The van der Waals surface area contributed by atoms with E-state index in [0.29, 0.717) is 11.4 Å². The van der Waals surface area contributed by atoms with Crippen LogP contribution < -0.4 is 14.4 Å². The number of hydrogen-bond donors (Lipinski definition) is 1. The molecule has 0 fully saturated rings. The number of hydrogen-bond acceptors (Lipinski definition) is 4. The van der Waals surface area contributed by atoms with E-state index in [1.165, 1.54) is 12.7 Å². The Hall–Kier alpha value is -2.54. The van der Waals surface area contributed by atoms with E-state index >= 15 is 0 Å². The molecule has 2 aromatic carbocycles. The van der Waals surface area contributed by atoms with Crippen LogP contribution in [0.25, 0.3) is 0 Å². The first-order valence-corrected chi connectivity index (χ1v) is 10.9. The second-order valence-corrected chi connectivity index (χ2v) is 8.93. The topological polar surface area (TPSA) is 75.7 Å². The lowest BCUT2D eigenvalue weighted by Gasteiger charge is -2.25. The summed E-state index contributed by atoms with van der Waals surface area (Å²) in [6.07, 6.45) is 1.07. The number of benzene rings is 2. The van der Waals surface area contributed by atoms with Crippen LogP contribution in [-0.2, 0) is 14.8 Å². The number of amides is 1. The molecule has 0 aliphatic carbocycles. The van der Waals surface area contributed by atoms with Gasteiger partial charge in [0.15, 0.2) is 0 Å². The van der Waals surface area contributed by atoms with Crippen molar-refractivity contribution >= 4 is 21.6 Å². The third-order valence-corrected chi connectivity index (χ3v) is 5.89. The van der Waals surface area contributed by atoms with Crippen LogP contribution in [0.5, 0.6) is 5.75 Å². The molecule has 1 amide bonds. The Labute approximate surface area is 167 Å². The molecule has 2 aromatic rings. The largest absolute Gasteiger partial charge is 0.495 e. The van der Waals surface area contributed by atoms with Crippen molar-refractivity contribution in [2.24, 2.45) is 0 Å². The molecule has 0 spiro atoms. The van der Waals surface area contributed by atoms with Crippen LogP contribution in [0.4, 0.5) is 5.69 Å². The minimum Gasteiger partial charge on any atom is -0.495 e. The van der Waals surface area contributed by atoms with Gasteiger partial charge in [0.05, 0.1) is 25.1 Å². The number of anilines is 1. The third-order valence-electron chi connectivity index (χ3n) is 4.77. The van der Waals surface area contributed by atoms with Crippen LogP contribution in [0.3, 0.4) is 0 Å². The molecule has 0 aliphatic heterocycles. The van der Waals surface area contributed by atoms with Crippen LogP contribution in [0.1, 0.15) is 35.2 Å². The zero-order valence-electron chi connectivity index (χ0n) is 17.2. The Morgan fingerprint density at radius 3 is 2.32 bits per heavy atom.